The molecular weight excluding hydrogens is 298 g/mol. The summed E-state index contributed by atoms with van der Waals surface area (Å²) in [6, 6.07) is 1.84. The van der Waals surface area contributed by atoms with Crippen LogP contribution in [0.15, 0.2) is 30.1 Å². The summed E-state index contributed by atoms with van der Waals surface area (Å²) in [5, 5.41) is 15.9. The lowest BCUT2D eigenvalue weighted by molar-refractivity contribution is -0.114. The fourth-order valence-corrected chi connectivity index (χ4v) is 1.79. The molecule has 8 nitrogen and oxygen atoms in total. The highest BCUT2D eigenvalue weighted by molar-refractivity contribution is 5.96. The van der Waals surface area contributed by atoms with Crippen molar-refractivity contribution < 1.29 is 14.3 Å². The molecular formula is C15H19N5O3. The zero-order valence-corrected chi connectivity index (χ0v) is 13.1. The number of hydrogen-bond acceptors (Lipinski definition) is 6. The van der Waals surface area contributed by atoms with E-state index in [-0.39, 0.29) is 30.1 Å². The molecule has 0 atom stereocenters. The Morgan fingerprint density at radius 2 is 2.26 bits per heavy atom. The molecule has 1 rings (SSSR count). The minimum atomic E-state index is -0.613. The second kappa shape index (κ2) is 8.38. The maximum Gasteiger partial charge on any atom is 0.342 e. The molecule has 0 aliphatic carbocycles. The fraction of sp³-hybridized carbons (Fsp3) is 0.333. The predicted octanol–water partition coefficient (Wildman–Crippen LogP) is 0.814. The van der Waals surface area contributed by atoms with Gasteiger partial charge in [0.15, 0.2) is 5.69 Å². The normalized spacial score (nSPS) is 10.7. The third-order valence-electron chi connectivity index (χ3n) is 2.82. The Bertz CT molecular complexity index is 682. The summed E-state index contributed by atoms with van der Waals surface area (Å²) in [6.07, 6.45) is 3.68. The molecule has 0 aliphatic rings. The van der Waals surface area contributed by atoms with Crippen molar-refractivity contribution in [1.82, 2.24) is 15.1 Å². The van der Waals surface area contributed by atoms with E-state index < -0.39 is 11.9 Å². The van der Waals surface area contributed by atoms with Crippen molar-refractivity contribution in [2.75, 3.05) is 6.61 Å². The van der Waals surface area contributed by atoms with Crippen molar-refractivity contribution in [3.05, 3.63) is 41.4 Å². The average Bonchev–Trinajstić information content (AvgIpc) is 2.93. The molecule has 1 heterocycles. The number of rotatable bonds is 8. The minimum Gasteiger partial charge on any atom is -0.462 e. The van der Waals surface area contributed by atoms with Crippen LogP contribution in [0.1, 0.15) is 36.3 Å². The van der Waals surface area contributed by atoms with E-state index in [2.05, 4.69) is 17.0 Å². The van der Waals surface area contributed by atoms with E-state index in [1.807, 2.05) is 13.0 Å². The molecule has 0 fully saturated rings. The average molecular weight is 317 g/mol. The lowest BCUT2D eigenvalue weighted by Gasteiger charge is -2.10. The quantitative estimate of drug-likeness (QED) is 0.415. The van der Waals surface area contributed by atoms with E-state index in [1.54, 1.807) is 13.0 Å². The Labute approximate surface area is 134 Å². The van der Waals surface area contributed by atoms with Gasteiger partial charge in [-0.15, -0.1) is 0 Å². The van der Waals surface area contributed by atoms with Crippen LogP contribution in [0.3, 0.4) is 0 Å². The molecule has 8 heteroatoms. The molecule has 0 saturated heterocycles. The molecule has 3 N–H and O–H groups in total. The maximum absolute atomic E-state index is 11.7. The summed E-state index contributed by atoms with van der Waals surface area (Å²) in [4.78, 5) is 23.1. The first-order chi connectivity index (χ1) is 10.9. The summed E-state index contributed by atoms with van der Waals surface area (Å²) in [5.41, 5.74) is 5.95. The van der Waals surface area contributed by atoms with Gasteiger partial charge in [-0.3, -0.25) is 9.48 Å². The SMILES string of the molecule is C=C(NCn1cc(C(=O)OCC)c(C#N)n1)/C(=C\CC)C(N)=O. The second-order valence-electron chi connectivity index (χ2n) is 4.47. The van der Waals surface area contributed by atoms with Gasteiger partial charge in [-0.2, -0.15) is 10.4 Å². The maximum atomic E-state index is 11.7. The number of nitrogens with zero attached hydrogens (tertiary/aromatic N) is 3. The number of primary amides is 1. The van der Waals surface area contributed by atoms with E-state index in [0.29, 0.717) is 12.1 Å². The van der Waals surface area contributed by atoms with Gasteiger partial charge in [0.2, 0.25) is 5.91 Å². The number of esters is 1. The zero-order chi connectivity index (χ0) is 17.4. The first-order valence-electron chi connectivity index (χ1n) is 7.02. The van der Waals surface area contributed by atoms with Crippen LogP contribution >= 0.6 is 0 Å². The monoisotopic (exact) mass is 317 g/mol. The largest absolute Gasteiger partial charge is 0.462 e. The summed E-state index contributed by atoms with van der Waals surface area (Å²) in [7, 11) is 0. The van der Waals surface area contributed by atoms with Gasteiger partial charge in [0, 0.05) is 11.9 Å². The highest BCUT2D eigenvalue weighted by atomic mass is 16.5. The van der Waals surface area contributed by atoms with Gasteiger partial charge in [-0.05, 0) is 13.3 Å². The number of nitriles is 1. The lowest BCUT2D eigenvalue weighted by Crippen LogP contribution is -2.25. The Kier molecular flexibility index (Phi) is 6.55. The van der Waals surface area contributed by atoms with E-state index >= 15 is 0 Å². The Balaban J connectivity index is 2.85. The summed E-state index contributed by atoms with van der Waals surface area (Å²) in [6.45, 7) is 7.60. The van der Waals surface area contributed by atoms with E-state index in [0.717, 1.165) is 0 Å². The predicted molar refractivity (Wildman–Crippen MR) is 82.7 cm³/mol. The molecule has 23 heavy (non-hydrogen) atoms. The lowest BCUT2D eigenvalue weighted by atomic mass is 10.1. The van der Waals surface area contributed by atoms with Crippen LogP contribution in [-0.4, -0.2) is 28.3 Å². The van der Waals surface area contributed by atoms with Crippen LogP contribution in [-0.2, 0) is 16.2 Å². The Hall–Kier alpha value is -3.08. The summed E-state index contributed by atoms with van der Waals surface area (Å²) in [5.74, 6) is -1.20. The number of nitrogens with two attached hydrogens (primary N) is 1. The van der Waals surface area contributed by atoms with Gasteiger partial charge in [0.05, 0.1) is 12.2 Å². The van der Waals surface area contributed by atoms with Gasteiger partial charge in [-0.1, -0.05) is 19.6 Å². The van der Waals surface area contributed by atoms with E-state index in [1.165, 1.54) is 10.9 Å². The number of aromatic nitrogens is 2. The van der Waals surface area contributed by atoms with Crippen molar-refractivity contribution in [3.63, 3.8) is 0 Å². The minimum absolute atomic E-state index is 0.0323. The summed E-state index contributed by atoms with van der Waals surface area (Å²) >= 11 is 0. The number of ether oxygens (including phenoxy) is 1. The Morgan fingerprint density at radius 1 is 1.57 bits per heavy atom. The van der Waals surface area contributed by atoms with Crippen LogP contribution in [0.25, 0.3) is 0 Å². The van der Waals surface area contributed by atoms with Crippen LogP contribution in [0, 0.1) is 11.3 Å². The van der Waals surface area contributed by atoms with Gasteiger partial charge in [0.25, 0.3) is 0 Å². The van der Waals surface area contributed by atoms with E-state index in [9.17, 15) is 9.59 Å². The highest BCUT2D eigenvalue weighted by Crippen LogP contribution is 2.09. The molecule has 0 radical (unpaired) electrons. The standard InChI is InChI=1S/C15H19N5O3/c1-4-6-11(14(17)21)10(3)18-9-20-8-12(13(7-16)19-20)15(22)23-5-2/h6,8,18H,3-5,9H2,1-2H3,(H2,17,21)/b11-6+. The van der Waals surface area contributed by atoms with Gasteiger partial charge >= 0.3 is 5.97 Å². The van der Waals surface area contributed by atoms with E-state index in [4.69, 9.17) is 15.7 Å². The number of nitrogens with one attached hydrogen (secondary N) is 1. The molecule has 0 bridgehead atoms. The third-order valence-corrected chi connectivity index (χ3v) is 2.82. The van der Waals surface area contributed by atoms with Gasteiger partial charge in [0.1, 0.15) is 18.3 Å². The molecule has 0 spiro atoms. The fourth-order valence-electron chi connectivity index (χ4n) is 1.79. The highest BCUT2D eigenvalue weighted by Gasteiger charge is 2.17. The van der Waals surface area contributed by atoms with Crippen LogP contribution in [0.5, 0.6) is 0 Å². The first kappa shape index (κ1) is 18.0. The smallest absolute Gasteiger partial charge is 0.342 e. The van der Waals surface area contributed by atoms with Crippen molar-refractivity contribution in [2.45, 2.75) is 26.9 Å². The second-order valence-corrected chi connectivity index (χ2v) is 4.47. The van der Waals surface area contributed by atoms with Crippen LogP contribution in [0.2, 0.25) is 0 Å². The topological polar surface area (TPSA) is 123 Å². The van der Waals surface area contributed by atoms with Crippen LogP contribution in [0.4, 0.5) is 0 Å². The molecule has 0 aliphatic heterocycles. The zero-order valence-electron chi connectivity index (χ0n) is 13.1. The molecule has 122 valence electrons. The molecule has 1 amide bonds. The molecule has 0 saturated carbocycles. The number of carbonyl (C=O) groups excluding carboxylic acids is 2. The third kappa shape index (κ3) is 4.71. The van der Waals surface area contributed by atoms with Crippen molar-refractivity contribution in [3.8, 4) is 6.07 Å². The van der Waals surface area contributed by atoms with Gasteiger partial charge < -0.3 is 15.8 Å². The Morgan fingerprint density at radius 3 is 2.78 bits per heavy atom. The molecule has 0 aromatic carbocycles. The number of amides is 1. The van der Waals surface area contributed by atoms with Crippen molar-refractivity contribution in [2.24, 2.45) is 5.73 Å². The number of hydrogen-bond donors (Lipinski definition) is 2. The van der Waals surface area contributed by atoms with Gasteiger partial charge in [-0.25, -0.2) is 4.79 Å². The van der Waals surface area contributed by atoms with Crippen LogP contribution < -0.4 is 11.1 Å². The first-order valence-corrected chi connectivity index (χ1v) is 7.02. The van der Waals surface area contributed by atoms with Crippen molar-refractivity contribution in [1.29, 1.82) is 5.26 Å². The molecule has 1 aromatic heterocycles. The van der Waals surface area contributed by atoms with Crippen molar-refractivity contribution >= 4 is 11.9 Å². The number of carbonyl (C=O) groups is 2. The molecule has 0 unspecified atom stereocenters. The molecule has 1 aromatic rings. The number of allylic oxidation sites excluding steroid dienone is 1. The summed E-state index contributed by atoms with van der Waals surface area (Å²) < 4.78 is 6.21.